The van der Waals surface area contributed by atoms with Crippen molar-refractivity contribution in [3.8, 4) is 0 Å². The lowest BCUT2D eigenvalue weighted by Crippen LogP contribution is -2.38. The zero-order valence-electron chi connectivity index (χ0n) is 9.24. The number of carbonyl (C=O) groups is 2. The van der Waals surface area contributed by atoms with Crippen molar-refractivity contribution < 1.29 is 14.7 Å². The maximum atomic E-state index is 11.8. The van der Waals surface area contributed by atoms with Gasteiger partial charge in [-0.25, -0.2) is 0 Å². The Morgan fingerprint density at radius 1 is 1.53 bits per heavy atom. The quantitative estimate of drug-likeness (QED) is 0.720. The van der Waals surface area contributed by atoms with E-state index in [0.29, 0.717) is 13.0 Å². The predicted molar refractivity (Wildman–Crippen MR) is 56.5 cm³/mol. The van der Waals surface area contributed by atoms with Crippen LogP contribution in [0.25, 0.3) is 0 Å². The molecule has 1 unspecified atom stereocenters. The Bertz CT molecular complexity index is 240. The van der Waals surface area contributed by atoms with Gasteiger partial charge in [-0.15, -0.1) is 0 Å². The van der Waals surface area contributed by atoms with Gasteiger partial charge in [0.15, 0.2) is 0 Å². The molecule has 86 valence electrons. The zero-order chi connectivity index (χ0) is 11.3. The highest BCUT2D eigenvalue weighted by atomic mass is 16.4. The van der Waals surface area contributed by atoms with Gasteiger partial charge in [-0.3, -0.25) is 9.59 Å². The second-order valence-electron chi connectivity index (χ2n) is 4.07. The molecule has 1 aliphatic rings. The summed E-state index contributed by atoms with van der Waals surface area (Å²) >= 11 is 0. The molecule has 1 N–H and O–H groups in total. The van der Waals surface area contributed by atoms with E-state index < -0.39 is 11.9 Å². The third-order valence-electron chi connectivity index (χ3n) is 2.86. The van der Waals surface area contributed by atoms with Gasteiger partial charge in [0, 0.05) is 13.1 Å². The highest BCUT2D eigenvalue weighted by molar-refractivity contribution is 5.97. The average Bonchev–Trinajstić information content (AvgIpc) is 2.37. The molecule has 0 radical (unpaired) electrons. The van der Waals surface area contributed by atoms with E-state index in [1.54, 1.807) is 4.90 Å². The highest BCUT2D eigenvalue weighted by Gasteiger charge is 2.31. The molecule has 0 saturated carbocycles. The third kappa shape index (κ3) is 3.22. The van der Waals surface area contributed by atoms with Crippen LogP contribution < -0.4 is 0 Å². The van der Waals surface area contributed by atoms with Crippen molar-refractivity contribution in [3.05, 3.63) is 0 Å². The number of amides is 1. The van der Waals surface area contributed by atoms with Crippen LogP contribution in [0.2, 0.25) is 0 Å². The molecule has 15 heavy (non-hydrogen) atoms. The molecule has 1 rings (SSSR count). The molecule has 1 amide bonds. The Kier molecular flexibility index (Phi) is 4.59. The largest absolute Gasteiger partial charge is 0.481 e. The summed E-state index contributed by atoms with van der Waals surface area (Å²) in [6, 6.07) is 0. The van der Waals surface area contributed by atoms with Crippen molar-refractivity contribution >= 4 is 11.9 Å². The normalized spacial score (nSPS) is 22.6. The predicted octanol–water partition coefficient (Wildman–Crippen LogP) is 1.50. The fourth-order valence-corrected chi connectivity index (χ4v) is 1.91. The molecule has 0 spiro atoms. The minimum Gasteiger partial charge on any atom is -0.481 e. The molecular formula is C11H19NO3. The fourth-order valence-electron chi connectivity index (χ4n) is 1.91. The lowest BCUT2D eigenvalue weighted by atomic mass is 10.0. The number of nitrogens with zero attached hydrogens (tertiary/aromatic N) is 1. The smallest absolute Gasteiger partial charge is 0.316 e. The van der Waals surface area contributed by atoms with Crippen molar-refractivity contribution in [2.24, 2.45) is 5.92 Å². The van der Waals surface area contributed by atoms with E-state index in [-0.39, 0.29) is 5.91 Å². The minimum absolute atomic E-state index is 0.187. The summed E-state index contributed by atoms with van der Waals surface area (Å²) in [5.41, 5.74) is 0. The number of carboxylic acids is 1. The first-order valence-electron chi connectivity index (χ1n) is 5.68. The highest BCUT2D eigenvalue weighted by Crippen LogP contribution is 2.18. The number of likely N-dealkylation sites (tertiary alicyclic amines) is 1. The van der Waals surface area contributed by atoms with Crippen LogP contribution in [0.1, 0.15) is 39.0 Å². The van der Waals surface area contributed by atoms with Gasteiger partial charge in [0.05, 0.1) is 0 Å². The fraction of sp³-hybridized carbons (Fsp3) is 0.818. The van der Waals surface area contributed by atoms with Crippen LogP contribution in [-0.2, 0) is 9.59 Å². The second kappa shape index (κ2) is 5.73. The van der Waals surface area contributed by atoms with Crippen molar-refractivity contribution in [2.45, 2.75) is 39.0 Å². The number of aliphatic carboxylic acids is 1. The second-order valence-corrected chi connectivity index (χ2v) is 4.07. The Hall–Kier alpha value is -1.06. The Morgan fingerprint density at radius 3 is 2.87 bits per heavy atom. The Morgan fingerprint density at radius 2 is 2.27 bits per heavy atom. The summed E-state index contributed by atoms with van der Waals surface area (Å²) in [6.07, 6.45) is 4.25. The number of carboxylic acid groups (broad SMARTS) is 1. The van der Waals surface area contributed by atoms with Gasteiger partial charge < -0.3 is 10.0 Å². The molecule has 0 aromatic heterocycles. The lowest BCUT2D eigenvalue weighted by Gasteiger charge is -2.22. The average molecular weight is 213 g/mol. The number of rotatable bonds is 4. The number of carbonyl (C=O) groups excluding carboxylic acids is 1. The molecule has 4 nitrogen and oxygen atoms in total. The molecular weight excluding hydrogens is 194 g/mol. The van der Waals surface area contributed by atoms with Gasteiger partial charge in [-0.2, -0.15) is 0 Å². The van der Waals surface area contributed by atoms with E-state index in [9.17, 15) is 9.59 Å². The number of hydrogen-bond acceptors (Lipinski definition) is 2. The van der Waals surface area contributed by atoms with Crippen molar-refractivity contribution in [3.63, 3.8) is 0 Å². The first kappa shape index (κ1) is 12.0. The van der Waals surface area contributed by atoms with E-state index in [4.69, 9.17) is 5.11 Å². The van der Waals surface area contributed by atoms with Gasteiger partial charge in [0.25, 0.3) is 0 Å². The zero-order valence-corrected chi connectivity index (χ0v) is 9.24. The van der Waals surface area contributed by atoms with Gasteiger partial charge in [0.1, 0.15) is 5.92 Å². The van der Waals surface area contributed by atoms with Crippen LogP contribution >= 0.6 is 0 Å². The summed E-state index contributed by atoms with van der Waals surface area (Å²) in [5.74, 6) is -1.96. The van der Waals surface area contributed by atoms with Crippen LogP contribution in [0.5, 0.6) is 0 Å². The van der Waals surface area contributed by atoms with Crippen molar-refractivity contribution in [1.82, 2.24) is 4.90 Å². The summed E-state index contributed by atoms with van der Waals surface area (Å²) < 4.78 is 0. The molecule has 1 atom stereocenters. The van der Waals surface area contributed by atoms with E-state index in [1.807, 2.05) is 0 Å². The lowest BCUT2D eigenvalue weighted by molar-refractivity contribution is -0.150. The van der Waals surface area contributed by atoms with Crippen LogP contribution in [0.3, 0.4) is 0 Å². The van der Waals surface area contributed by atoms with Crippen LogP contribution in [0.4, 0.5) is 0 Å². The van der Waals surface area contributed by atoms with Gasteiger partial charge in [-0.1, -0.05) is 19.8 Å². The molecule has 0 aliphatic carbocycles. The van der Waals surface area contributed by atoms with E-state index in [2.05, 4.69) is 6.92 Å². The van der Waals surface area contributed by atoms with E-state index in [0.717, 1.165) is 32.2 Å². The first-order chi connectivity index (χ1) is 7.16. The molecule has 1 aliphatic heterocycles. The topological polar surface area (TPSA) is 57.6 Å². The molecule has 4 heteroatoms. The van der Waals surface area contributed by atoms with Crippen LogP contribution in [0, 0.1) is 5.92 Å². The maximum Gasteiger partial charge on any atom is 0.316 e. The van der Waals surface area contributed by atoms with Crippen molar-refractivity contribution in [2.75, 3.05) is 13.1 Å². The molecule has 1 fully saturated rings. The SMILES string of the molecule is CCCCN1CCCCC(C(=O)O)C1=O. The Labute approximate surface area is 90.3 Å². The van der Waals surface area contributed by atoms with Gasteiger partial charge in [0.2, 0.25) is 5.91 Å². The Balaban J connectivity index is 2.62. The maximum absolute atomic E-state index is 11.8. The molecule has 1 saturated heterocycles. The van der Waals surface area contributed by atoms with Crippen LogP contribution in [0.15, 0.2) is 0 Å². The summed E-state index contributed by atoms with van der Waals surface area (Å²) in [6.45, 7) is 3.50. The van der Waals surface area contributed by atoms with Crippen molar-refractivity contribution in [1.29, 1.82) is 0 Å². The van der Waals surface area contributed by atoms with Crippen LogP contribution in [-0.4, -0.2) is 35.0 Å². The summed E-state index contributed by atoms with van der Waals surface area (Å²) in [7, 11) is 0. The third-order valence-corrected chi connectivity index (χ3v) is 2.86. The first-order valence-corrected chi connectivity index (χ1v) is 5.68. The molecule has 0 bridgehead atoms. The van der Waals surface area contributed by atoms with Gasteiger partial charge >= 0.3 is 5.97 Å². The van der Waals surface area contributed by atoms with E-state index >= 15 is 0 Å². The number of hydrogen-bond donors (Lipinski definition) is 1. The summed E-state index contributed by atoms with van der Waals surface area (Å²) in [4.78, 5) is 24.4. The summed E-state index contributed by atoms with van der Waals surface area (Å²) in [5, 5.41) is 8.93. The van der Waals surface area contributed by atoms with E-state index in [1.165, 1.54) is 0 Å². The number of unbranched alkanes of at least 4 members (excludes halogenated alkanes) is 1. The minimum atomic E-state index is -0.969. The molecule has 0 aromatic rings. The molecule has 0 aromatic carbocycles. The molecule has 1 heterocycles. The standard InChI is InChI=1S/C11H19NO3/c1-2-3-7-12-8-5-4-6-9(10(12)13)11(14)15/h9H,2-8H2,1H3,(H,14,15). The monoisotopic (exact) mass is 213 g/mol. The van der Waals surface area contributed by atoms with Gasteiger partial charge in [-0.05, 0) is 19.3 Å².